The van der Waals surface area contributed by atoms with Crippen LogP contribution in [0.3, 0.4) is 0 Å². The van der Waals surface area contributed by atoms with Gasteiger partial charge >= 0.3 is 5.97 Å². The third kappa shape index (κ3) is 3.93. The van der Waals surface area contributed by atoms with E-state index in [0.29, 0.717) is 18.4 Å². The molecule has 0 bridgehead atoms. The summed E-state index contributed by atoms with van der Waals surface area (Å²) in [4.78, 5) is 34.7. The van der Waals surface area contributed by atoms with Gasteiger partial charge in [-0.3, -0.25) is 14.4 Å². The van der Waals surface area contributed by atoms with E-state index >= 15 is 0 Å². The van der Waals surface area contributed by atoms with Crippen LogP contribution in [0.2, 0.25) is 0 Å². The van der Waals surface area contributed by atoms with Crippen LogP contribution in [0.1, 0.15) is 48.5 Å². The minimum Gasteiger partial charge on any atom is -0.481 e. The van der Waals surface area contributed by atoms with E-state index in [4.69, 9.17) is 5.11 Å². The number of carbonyl (C=O) groups is 3. The summed E-state index contributed by atoms with van der Waals surface area (Å²) in [5, 5.41) is 11.6. The molecule has 1 aromatic carbocycles. The molecule has 0 spiro atoms. The average molecular weight is 303 g/mol. The number of carboxylic acids is 1. The lowest BCUT2D eigenvalue weighted by Gasteiger charge is -2.10. The number of rotatable bonds is 8. The Hall–Kier alpha value is -2.17. The molecule has 2 rings (SSSR count). The predicted octanol–water partition coefficient (Wildman–Crippen LogP) is 2.19. The maximum absolute atomic E-state index is 12.0. The van der Waals surface area contributed by atoms with Gasteiger partial charge in [0, 0.05) is 24.9 Å². The number of benzene rings is 1. The highest BCUT2D eigenvalue weighted by atomic mass is 16.4. The van der Waals surface area contributed by atoms with Gasteiger partial charge in [-0.05, 0) is 24.8 Å². The van der Waals surface area contributed by atoms with Crippen molar-refractivity contribution in [2.75, 3.05) is 6.54 Å². The lowest BCUT2D eigenvalue weighted by molar-refractivity contribution is -0.143. The van der Waals surface area contributed by atoms with Gasteiger partial charge in [-0.25, -0.2) is 0 Å². The van der Waals surface area contributed by atoms with E-state index in [1.807, 2.05) is 19.1 Å². The van der Waals surface area contributed by atoms with Crippen molar-refractivity contribution < 1.29 is 19.5 Å². The van der Waals surface area contributed by atoms with E-state index in [0.717, 1.165) is 12.0 Å². The number of aliphatic carboxylic acids is 1. The number of amides is 1. The zero-order valence-electron chi connectivity index (χ0n) is 12.7. The molecule has 1 amide bonds. The molecule has 0 unspecified atom stereocenters. The molecule has 2 N–H and O–H groups in total. The van der Waals surface area contributed by atoms with Crippen molar-refractivity contribution in [2.45, 2.75) is 39.0 Å². The molecular formula is C17H21NO4. The molecule has 0 radical (unpaired) electrons. The second-order valence-corrected chi connectivity index (χ2v) is 5.84. The fourth-order valence-corrected chi connectivity index (χ4v) is 2.27. The van der Waals surface area contributed by atoms with E-state index < -0.39 is 11.4 Å². The first-order chi connectivity index (χ1) is 10.5. The molecule has 0 aliphatic heterocycles. The van der Waals surface area contributed by atoms with Crippen LogP contribution in [0.25, 0.3) is 0 Å². The minimum absolute atomic E-state index is 0.0721. The Balaban J connectivity index is 1.75. The molecule has 0 saturated heterocycles. The van der Waals surface area contributed by atoms with E-state index in [9.17, 15) is 14.4 Å². The van der Waals surface area contributed by atoms with Gasteiger partial charge in [0.2, 0.25) is 5.91 Å². The van der Waals surface area contributed by atoms with E-state index in [1.54, 1.807) is 12.1 Å². The second kappa shape index (κ2) is 6.73. The molecule has 5 nitrogen and oxygen atoms in total. The summed E-state index contributed by atoms with van der Waals surface area (Å²) in [7, 11) is 0. The summed E-state index contributed by atoms with van der Waals surface area (Å²) in [6, 6.07) is 7.39. The van der Waals surface area contributed by atoms with Crippen molar-refractivity contribution >= 4 is 17.7 Å². The summed E-state index contributed by atoms with van der Waals surface area (Å²) in [5.41, 5.74) is 1.00. The number of hydrogen-bond acceptors (Lipinski definition) is 3. The van der Waals surface area contributed by atoms with E-state index in [2.05, 4.69) is 5.32 Å². The molecule has 1 aliphatic rings. The highest BCUT2D eigenvalue weighted by Gasteiger charge is 2.50. The lowest BCUT2D eigenvalue weighted by atomic mass is 10.0. The quantitative estimate of drug-likeness (QED) is 0.721. The van der Waals surface area contributed by atoms with Crippen molar-refractivity contribution in [3.63, 3.8) is 0 Å². The predicted molar refractivity (Wildman–Crippen MR) is 81.7 cm³/mol. The topological polar surface area (TPSA) is 83.5 Å². The zero-order chi connectivity index (χ0) is 16.2. The fraction of sp³-hybridized carbons (Fsp3) is 0.471. The highest BCUT2D eigenvalue weighted by molar-refractivity contribution is 5.98. The molecule has 118 valence electrons. The van der Waals surface area contributed by atoms with Crippen molar-refractivity contribution in [2.24, 2.45) is 5.41 Å². The van der Waals surface area contributed by atoms with Crippen LogP contribution in [0.4, 0.5) is 0 Å². The molecule has 22 heavy (non-hydrogen) atoms. The molecule has 0 aromatic heterocycles. The van der Waals surface area contributed by atoms with Gasteiger partial charge in [0.1, 0.15) is 0 Å². The normalized spacial score (nSPS) is 15.1. The number of ketones is 1. The third-order valence-electron chi connectivity index (χ3n) is 4.19. The molecule has 5 heteroatoms. The molecule has 1 saturated carbocycles. The summed E-state index contributed by atoms with van der Waals surface area (Å²) >= 11 is 0. The lowest BCUT2D eigenvalue weighted by Crippen LogP contribution is -2.34. The Kier molecular flexibility index (Phi) is 4.96. The summed E-state index contributed by atoms with van der Waals surface area (Å²) in [5.74, 6) is -1.21. The first kappa shape index (κ1) is 16.2. The van der Waals surface area contributed by atoms with Crippen LogP contribution in [0, 0.1) is 5.41 Å². The molecule has 1 aliphatic carbocycles. The maximum atomic E-state index is 12.0. The summed E-state index contributed by atoms with van der Waals surface area (Å²) in [6.45, 7) is 2.20. The Bertz CT molecular complexity index is 573. The van der Waals surface area contributed by atoms with Gasteiger partial charge in [0.25, 0.3) is 0 Å². The fourth-order valence-electron chi connectivity index (χ4n) is 2.27. The number of hydrogen-bond donors (Lipinski definition) is 2. The van der Waals surface area contributed by atoms with Gasteiger partial charge in [-0.1, -0.05) is 31.2 Å². The zero-order valence-corrected chi connectivity index (χ0v) is 12.7. The average Bonchev–Trinajstić information content (AvgIpc) is 3.32. The highest BCUT2D eigenvalue weighted by Crippen LogP contribution is 2.45. The van der Waals surface area contributed by atoms with Crippen LogP contribution < -0.4 is 5.32 Å². The smallest absolute Gasteiger partial charge is 0.311 e. The number of carbonyl (C=O) groups excluding carboxylic acids is 2. The van der Waals surface area contributed by atoms with E-state index in [-0.39, 0.29) is 31.1 Å². The van der Waals surface area contributed by atoms with Gasteiger partial charge in [-0.15, -0.1) is 0 Å². The Morgan fingerprint density at radius 3 is 2.27 bits per heavy atom. The Morgan fingerprint density at radius 1 is 1.14 bits per heavy atom. The van der Waals surface area contributed by atoms with Gasteiger partial charge in [0.15, 0.2) is 5.78 Å². The summed E-state index contributed by atoms with van der Waals surface area (Å²) in [6.07, 6.45) is 2.35. The van der Waals surface area contributed by atoms with Crippen LogP contribution in [0.15, 0.2) is 24.3 Å². The first-order valence-corrected chi connectivity index (χ1v) is 7.59. The van der Waals surface area contributed by atoms with Crippen molar-refractivity contribution in [3.8, 4) is 0 Å². The van der Waals surface area contributed by atoms with Gasteiger partial charge < -0.3 is 10.4 Å². The molecule has 0 atom stereocenters. The van der Waals surface area contributed by atoms with E-state index in [1.165, 1.54) is 0 Å². The molecular weight excluding hydrogens is 282 g/mol. The Morgan fingerprint density at radius 2 is 1.77 bits per heavy atom. The van der Waals surface area contributed by atoms with Crippen molar-refractivity contribution in [1.29, 1.82) is 0 Å². The van der Waals surface area contributed by atoms with Gasteiger partial charge in [0.05, 0.1) is 5.41 Å². The molecule has 1 fully saturated rings. The van der Waals surface area contributed by atoms with Gasteiger partial charge in [-0.2, -0.15) is 0 Å². The first-order valence-electron chi connectivity index (χ1n) is 7.59. The van der Waals surface area contributed by atoms with Crippen LogP contribution >= 0.6 is 0 Å². The van der Waals surface area contributed by atoms with Crippen LogP contribution in [-0.4, -0.2) is 29.3 Å². The third-order valence-corrected chi connectivity index (χ3v) is 4.19. The second-order valence-electron chi connectivity index (χ2n) is 5.84. The Labute approximate surface area is 129 Å². The summed E-state index contributed by atoms with van der Waals surface area (Å²) < 4.78 is 0. The number of aryl methyl sites for hydroxylation is 1. The molecule has 0 heterocycles. The monoisotopic (exact) mass is 303 g/mol. The van der Waals surface area contributed by atoms with Crippen LogP contribution in [-0.2, 0) is 16.0 Å². The van der Waals surface area contributed by atoms with Crippen molar-refractivity contribution in [3.05, 3.63) is 35.4 Å². The standard InChI is InChI=1S/C17H21NO4/c1-2-12-3-5-13(6-4-12)14(19)7-8-15(20)18-11-17(9-10-17)16(21)22/h3-6H,2,7-11H2,1H3,(H,18,20)(H,21,22). The number of carboxylic acid groups (broad SMARTS) is 1. The number of nitrogens with one attached hydrogen (secondary N) is 1. The molecule has 1 aromatic rings. The maximum Gasteiger partial charge on any atom is 0.311 e. The minimum atomic E-state index is -0.861. The number of Topliss-reactive ketones (excluding diaryl/α,β-unsaturated/α-hetero) is 1. The largest absolute Gasteiger partial charge is 0.481 e. The van der Waals surface area contributed by atoms with Crippen LogP contribution in [0.5, 0.6) is 0 Å². The SMILES string of the molecule is CCc1ccc(C(=O)CCC(=O)NCC2(C(=O)O)CC2)cc1. The van der Waals surface area contributed by atoms with Crippen molar-refractivity contribution in [1.82, 2.24) is 5.32 Å².